The van der Waals surface area contributed by atoms with Crippen LogP contribution < -0.4 is 5.73 Å². The summed E-state index contributed by atoms with van der Waals surface area (Å²) in [5, 5.41) is 0. The van der Waals surface area contributed by atoms with Crippen LogP contribution in [0.15, 0.2) is 12.2 Å². The van der Waals surface area contributed by atoms with Gasteiger partial charge >= 0.3 is 0 Å². The minimum absolute atomic E-state index is 0.389. The first-order valence-corrected chi connectivity index (χ1v) is 5.46. The van der Waals surface area contributed by atoms with Crippen LogP contribution in [0.5, 0.6) is 0 Å². The summed E-state index contributed by atoms with van der Waals surface area (Å²) in [6.45, 7) is 8.63. The summed E-state index contributed by atoms with van der Waals surface area (Å²) >= 11 is 0. The highest BCUT2D eigenvalue weighted by molar-refractivity contribution is 5.05. The van der Waals surface area contributed by atoms with Crippen molar-refractivity contribution in [2.24, 2.45) is 11.1 Å². The van der Waals surface area contributed by atoms with Gasteiger partial charge in [-0.25, -0.2) is 0 Å². The Balaban J connectivity index is 2.54. The van der Waals surface area contributed by atoms with E-state index in [-0.39, 0.29) is 0 Å². The number of hydrogen-bond acceptors (Lipinski definition) is 1. The van der Waals surface area contributed by atoms with Crippen molar-refractivity contribution in [3.8, 4) is 0 Å². The van der Waals surface area contributed by atoms with Crippen LogP contribution in [0.1, 0.15) is 52.4 Å². The molecule has 0 unspecified atom stereocenters. The third-order valence-corrected chi connectivity index (χ3v) is 3.64. The van der Waals surface area contributed by atoms with Gasteiger partial charge in [-0.2, -0.15) is 0 Å². The van der Waals surface area contributed by atoms with Crippen LogP contribution in [0.25, 0.3) is 0 Å². The molecule has 0 spiro atoms. The highest BCUT2D eigenvalue weighted by atomic mass is 14.6. The molecule has 2 N–H and O–H groups in total. The van der Waals surface area contributed by atoms with Crippen molar-refractivity contribution >= 4 is 0 Å². The molecule has 13 heavy (non-hydrogen) atoms. The molecule has 1 fully saturated rings. The van der Waals surface area contributed by atoms with Crippen LogP contribution in [-0.2, 0) is 0 Å². The normalized spacial score (nSPS) is 36.4. The van der Waals surface area contributed by atoms with Crippen molar-refractivity contribution < 1.29 is 0 Å². The zero-order chi connectivity index (χ0) is 9.90. The van der Waals surface area contributed by atoms with E-state index in [0.717, 1.165) is 0 Å². The Morgan fingerprint density at radius 1 is 1.31 bits per heavy atom. The third kappa shape index (κ3) is 2.84. The highest BCUT2D eigenvalue weighted by Gasteiger charge is 2.26. The lowest BCUT2D eigenvalue weighted by Crippen LogP contribution is -2.26. The molecule has 0 heterocycles. The summed E-state index contributed by atoms with van der Waals surface area (Å²) in [4.78, 5) is 0. The zero-order valence-electron chi connectivity index (χ0n) is 9.10. The molecule has 0 amide bonds. The van der Waals surface area contributed by atoms with Crippen LogP contribution in [0.2, 0.25) is 0 Å². The summed E-state index contributed by atoms with van der Waals surface area (Å²) < 4.78 is 0. The maximum atomic E-state index is 5.95. The van der Waals surface area contributed by atoms with E-state index in [1.165, 1.54) is 44.1 Å². The van der Waals surface area contributed by atoms with E-state index in [1.807, 2.05) is 0 Å². The van der Waals surface area contributed by atoms with Crippen LogP contribution in [0.3, 0.4) is 0 Å². The molecule has 1 heteroatoms. The fourth-order valence-corrected chi connectivity index (χ4v) is 2.20. The first-order valence-electron chi connectivity index (χ1n) is 5.46. The lowest BCUT2D eigenvalue weighted by molar-refractivity contribution is 0.279. The average Bonchev–Trinajstić information content (AvgIpc) is 2.01. The van der Waals surface area contributed by atoms with Crippen molar-refractivity contribution in [3.63, 3.8) is 0 Å². The number of hydrogen-bond donors (Lipinski definition) is 1. The Kier molecular flexibility index (Phi) is 3.55. The molecule has 0 aromatic rings. The fraction of sp³-hybridized carbons (Fsp3) is 0.833. The van der Waals surface area contributed by atoms with E-state index < -0.39 is 0 Å². The van der Waals surface area contributed by atoms with Crippen molar-refractivity contribution in [2.45, 2.75) is 58.4 Å². The molecular formula is C12H23N. The lowest BCUT2D eigenvalue weighted by atomic mass is 9.73. The summed E-state index contributed by atoms with van der Waals surface area (Å²) in [6, 6.07) is 0.453. The van der Waals surface area contributed by atoms with Gasteiger partial charge in [0.1, 0.15) is 0 Å². The maximum absolute atomic E-state index is 5.95. The SMILES string of the molecule is C=C(C)C1(C)CCCC(N)CCC1. The van der Waals surface area contributed by atoms with Crippen molar-refractivity contribution in [3.05, 3.63) is 12.2 Å². The average molecular weight is 181 g/mol. The molecule has 1 saturated carbocycles. The topological polar surface area (TPSA) is 26.0 Å². The molecule has 1 aliphatic rings. The minimum atomic E-state index is 0.389. The molecule has 0 atom stereocenters. The van der Waals surface area contributed by atoms with E-state index in [1.54, 1.807) is 0 Å². The molecule has 0 radical (unpaired) electrons. The Hall–Kier alpha value is -0.300. The van der Waals surface area contributed by atoms with Gasteiger partial charge in [-0.15, -0.1) is 0 Å². The predicted octanol–water partition coefficient (Wildman–Crippen LogP) is 3.25. The molecule has 1 rings (SSSR count). The molecule has 1 nitrogen and oxygen atoms in total. The molecule has 0 bridgehead atoms. The second-order valence-corrected chi connectivity index (χ2v) is 4.89. The maximum Gasteiger partial charge on any atom is 0.00388 e. The van der Waals surface area contributed by atoms with Crippen LogP contribution in [0.4, 0.5) is 0 Å². The van der Waals surface area contributed by atoms with Gasteiger partial charge in [-0.3, -0.25) is 0 Å². The van der Waals surface area contributed by atoms with Crippen molar-refractivity contribution in [1.29, 1.82) is 0 Å². The molecule has 76 valence electrons. The van der Waals surface area contributed by atoms with E-state index in [0.29, 0.717) is 11.5 Å². The van der Waals surface area contributed by atoms with Gasteiger partial charge < -0.3 is 5.73 Å². The van der Waals surface area contributed by atoms with Gasteiger partial charge in [0, 0.05) is 6.04 Å². The predicted molar refractivity (Wildman–Crippen MR) is 58.6 cm³/mol. The first kappa shape index (κ1) is 10.8. The van der Waals surface area contributed by atoms with Crippen molar-refractivity contribution in [2.75, 3.05) is 0 Å². The second-order valence-electron chi connectivity index (χ2n) is 4.89. The first-order chi connectivity index (χ1) is 6.04. The summed E-state index contributed by atoms with van der Waals surface area (Å²) in [5.74, 6) is 0. The summed E-state index contributed by atoms with van der Waals surface area (Å²) in [6.07, 6.45) is 7.48. The summed E-state index contributed by atoms with van der Waals surface area (Å²) in [7, 11) is 0. The number of rotatable bonds is 1. The van der Waals surface area contributed by atoms with Crippen LogP contribution in [-0.4, -0.2) is 6.04 Å². The number of nitrogens with two attached hydrogens (primary N) is 1. The van der Waals surface area contributed by atoms with E-state index in [2.05, 4.69) is 20.4 Å². The van der Waals surface area contributed by atoms with Crippen LogP contribution >= 0.6 is 0 Å². The highest BCUT2D eigenvalue weighted by Crippen LogP contribution is 2.38. The standard InChI is InChI=1S/C12H23N/c1-10(2)12(3)8-4-6-11(13)7-5-9-12/h11H,1,4-9,13H2,2-3H3. The van der Waals surface area contributed by atoms with Gasteiger partial charge in [0.15, 0.2) is 0 Å². The Morgan fingerprint density at radius 2 is 1.77 bits per heavy atom. The Labute approximate surface area is 82.4 Å². The zero-order valence-corrected chi connectivity index (χ0v) is 9.10. The second kappa shape index (κ2) is 4.28. The van der Waals surface area contributed by atoms with E-state index >= 15 is 0 Å². The molecule has 1 aliphatic carbocycles. The van der Waals surface area contributed by atoms with Crippen molar-refractivity contribution in [1.82, 2.24) is 0 Å². The fourth-order valence-electron chi connectivity index (χ4n) is 2.20. The van der Waals surface area contributed by atoms with Gasteiger partial charge in [0.2, 0.25) is 0 Å². The Morgan fingerprint density at radius 3 is 2.15 bits per heavy atom. The van der Waals surface area contributed by atoms with Gasteiger partial charge in [0.25, 0.3) is 0 Å². The number of allylic oxidation sites excluding steroid dienone is 1. The minimum Gasteiger partial charge on any atom is -0.328 e. The monoisotopic (exact) mass is 181 g/mol. The third-order valence-electron chi connectivity index (χ3n) is 3.64. The smallest absolute Gasteiger partial charge is 0.00388 e. The van der Waals surface area contributed by atoms with Gasteiger partial charge in [-0.1, -0.05) is 31.9 Å². The Bertz CT molecular complexity index is 174. The molecule has 0 aliphatic heterocycles. The lowest BCUT2D eigenvalue weighted by Gasteiger charge is -2.33. The van der Waals surface area contributed by atoms with E-state index in [4.69, 9.17) is 5.73 Å². The summed E-state index contributed by atoms with van der Waals surface area (Å²) in [5.41, 5.74) is 7.69. The van der Waals surface area contributed by atoms with Gasteiger partial charge in [0.05, 0.1) is 0 Å². The largest absolute Gasteiger partial charge is 0.328 e. The van der Waals surface area contributed by atoms with Gasteiger partial charge in [-0.05, 0) is 38.0 Å². The molecular weight excluding hydrogens is 158 g/mol. The van der Waals surface area contributed by atoms with E-state index in [9.17, 15) is 0 Å². The molecule has 0 saturated heterocycles. The quantitative estimate of drug-likeness (QED) is 0.617. The molecule has 0 aromatic carbocycles. The molecule has 0 aromatic heterocycles. The van der Waals surface area contributed by atoms with Crippen LogP contribution in [0, 0.1) is 5.41 Å².